The Morgan fingerprint density at radius 1 is 1.14 bits per heavy atom. The first kappa shape index (κ1) is 24.2. The van der Waals surface area contributed by atoms with E-state index in [4.69, 9.17) is 14.0 Å². The Morgan fingerprint density at radius 3 is 2.63 bits per heavy atom. The third-order valence-corrected chi connectivity index (χ3v) is 6.91. The molecule has 0 amide bonds. The predicted molar refractivity (Wildman–Crippen MR) is 124 cm³/mol. The summed E-state index contributed by atoms with van der Waals surface area (Å²) < 4.78 is 46.6. The van der Waals surface area contributed by atoms with E-state index < -0.39 is 21.4 Å². The van der Waals surface area contributed by atoms with Crippen LogP contribution in [-0.4, -0.2) is 62.8 Å². The van der Waals surface area contributed by atoms with Crippen LogP contribution in [0.1, 0.15) is 30.2 Å². The van der Waals surface area contributed by atoms with Crippen LogP contribution in [0.25, 0.3) is 11.5 Å². The van der Waals surface area contributed by atoms with E-state index in [1.54, 1.807) is 37.4 Å². The van der Waals surface area contributed by atoms with E-state index in [9.17, 15) is 8.42 Å². The normalized spacial score (nSPS) is 13.4. The molecule has 0 saturated carbocycles. The van der Waals surface area contributed by atoms with E-state index in [0.29, 0.717) is 34.5 Å². The number of aromatic nitrogens is 7. The highest BCUT2D eigenvalue weighted by Gasteiger charge is 2.33. The van der Waals surface area contributed by atoms with E-state index in [-0.39, 0.29) is 12.5 Å². The Bertz CT molecular complexity index is 1370. The molecule has 0 aliphatic rings. The summed E-state index contributed by atoms with van der Waals surface area (Å²) in [6.45, 7) is 3.40. The summed E-state index contributed by atoms with van der Waals surface area (Å²) in [5, 5.41) is 10.9. The minimum atomic E-state index is -4.02. The maximum Gasteiger partial charge on any atom is 0.240 e. The van der Waals surface area contributed by atoms with Gasteiger partial charge in [0.15, 0.2) is 11.6 Å². The Balaban J connectivity index is 1.69. The third-order valence-electron chi connectivity index (χ3n) is 5.21. The Morgan fingerprint density at radius 2 is 1.97 bits per heavy atom. The van der Waals surface area contributed by atoms with Gasteiger partial charge in [0.25, 0.3) is 0 Å². The van der Waals surface area contributed by atoms with E-state index >= 15 is 0 Å². The first-order valence-electron chi connectivity index (χ1n) is 10.5. The lowest BCUT2D eigenvalue weighted by atomic mass is 10.2. The highest BCUT2D eigenvalue weighted by atomic mass is 32.2. The molecule has 1 N–H and O–H groups in total. The highest BCUT2D eigenvalue weighted by Crippen LogP contribution is 2.27. The van der Waals surface area contributed by atoms with Gasteiger partial charge in [-0.15, -0.1) is 10.2 Å². The zero-order chi connectivity index (χ0) is 25.0. The number of nitrogens with zero attached hydrogens (tertiary/aromatic N) is 7. The summed E-state index contributed by atoms with van der Waals surface area (Å²) in [5.41, 5.74) is 1.52. The van der Waals surface area contributed by atoms with Crippen molar-refractivity contribution in [3.63, 3.8) is 0 Å². The molecule has 2 atom stereocenters. The smallest absolute Gasteiger partial charge is 0.240 e. The van der Waals surface area contributed by atoms with Crippen LogP contribution in [0.2, 0.25) is 0 Å². The van der Waals surface area contributed by atoms with Crippen LogP contribution >= 0.6 is 0 Å². The maximum atomic E-state index is 13.3. The van der Waals surface area contributed by atoms with Crippen molar-refractivity contribution >= 4 is 16.0 Å². The number of nitrogens with one attached hydrogen (secondary N) is 1. The first-order chi connectivity index (χ1) is 16.8. The molecule has 35 heavy (non-hydrogen) atoms. The molecule has 4 aromatic heterocycles. The van der Waals surface area contributed by atoms with Crippen LogP contribution in [-0.2, 0) is 21.3 Å². The molecule has 0 fully saturated rings. The molecule has 0 aliphatic heterocycles. The summed E-state index contributed by atoms with van der Waals surface area (Å²) >= 11 is 0. The second kappa shape index (κ2) is 10.1. The van der Waals surface area contributed by atoms with Gasteiger partial charge < -0.3 is 14.0 Å². The van der Waals surface area contributed by atoms with Gasteiger partial charge in [0.1, 0.15) is 17.0 Å². The molecular formula is C21H24N8O5S. The average molecular weight is 501 g/mol. The molecule has 4 aromatic rings. The molecule has 0 aromatic carbocycles. The third kappa shape index (κ3) is 5.27. The number of rotatable bonds is 10. The van der Waals surface area contributed by atoms with E-state index in [1.807, 2.05) is 0 Å². The minimum Gasteiger partial charge on any atom is -0.481 e. The molecule has 0 unspecified atom stereocenters. The van der Waals surface area contributed by atoms with Crippen molar-refractivity contribution in [2.75, 3.05) is 18.9 Å². The number of anilines is 1. The quantitative estimate of drug-likeness (QED) is 0.339. The maximum absolute atomic E-state index is 13.3. The molecule has 0 saturated heterocycles. The molecule has 4 rings (SSSR count). The number of pyridine rings is 1. The Kier molecular flexibility index (Phi) is 7.02. The van der Waals surface area contributed by atoms with Gasteiger partial charge >= 0.3 is 0 Å². The topological polar surface area (TPSA) is 160 Å². The summed E-state index contributed by atoms with van der Waals surface area (Å²) in [6.07, 6.45) is 3.66. The van der Waals surface area contributed by atoms with Gasteiger partial charge in [0.2, 0.25) is 21.9 Å². The Hall–Kier alpha value is -3.91. The van der Waals surface area contributed by atoms with E-state index in [2.05, 4.69) is 35.0 Å². The number of methoxy groups -OCH3 is 2. The van der Waals surface area contributed by atoms with E-state index in [1.165, 1.54) is 38.1 Å². The molecule has 0 radical (unpaired) electrons. The van der Waals surface area contributed by atoms with Gasteiger partial charge in [-0.3, -0.25) is 19.3 Å². The van der Waals surface area contributed by atoms with Gasteiger partial charge in [0, 0.05) is 25.4 Å². The van der Waals surface area contributed by atoms with E-state index in [0.717, 1.165) is 0 Å². The van der Waals surface area contributed by atoms with Gasteiger partial charge in [-0.1, -0.05) is 11.2 Å². The molecule has 13 nitrogen and oxygen atoms in total. The minimum absolute atomic E-state index is 0.0299. The highest BCUT2D eigenvalue weighted by molar-refractivity contribution is 7.93. The van der Waals surface area contributed by atoms with Gasteiger partial charge in [-0.05, 0) is 19.9 Å². The predicted octanol–water partition coefficient (Wildman–Crippen LogP) is 2.00. The fraction of sp³-hybridized carbons (Fsp3) is 0.333. The largest absolute Gasteiger partial charge is 0.481 e. The number of aryl methyl sites for hydroxylation is 1. The zero-order valence-electron chi connectivity index (χ0n) is 19.5. The van der Waals surface area contributed by atoms with Crippen molar-refractivity contribution < 1.29 is 22.4 Å². The lowest BCUT2D eigenvalue weighted by Gasteiger charge is -2.22. The zero-order valence-corrected chi connectivity index (χ0v) is 20.3. The summed E-state index contributed by atoms with van der Waals surface area (Å²) in [7, 11) is -1.11. The van der Waals surface area contributed by atoms with Crippen molar-refractivity contribution in [3.8, 4) is 17.4 Å². The van der Waals surface area contributed by atoms with Crippen molar-refractivity contribution in [2.45, 2.75) is 31.7 Å². The lowest BCUT2D eigenvalue weighted by Crippen LogP contribution is -2.33. The second-order valence-corrected chi connectivity index (χ2v) is 9.61. The van der Waals surface area contributed by atoms with Crippen LogP contribution in [0.5, 0.6) is 5.88 Å². The van der Waals surface area contributed by atoms with Gasteiger partial charge in [-0.2, -0.15) is 0 Å². The summed E-state index contributed by atoms with van der Waals surface area (Å²) in [4.78, 5) is 12.8. The first-order valence-corrected chi connectivity index (χ1v) is 12.0. The number of hydrogen-bond acceptors (Lipinski definition) is 11. The lowest BCUT2D eigenvalue weighted by molar-refractivity contribution is 0.0985. The summed E-state index contributed by atoms with van der Waals surface area (Å²) in [6, 6.07) is 6.79. The van der Waals surface area contributed by atoms with Crippen LogP contribution in [0, 0.1) is 6.92 Å². The number of hydrogen-bond donors (Lipinski definition) is 1. The van der Waals surface area contributed by atoms with Crippen LogP contribution in [0.3, 0.4) is 0 Å². The van der Waals surface area contributed by atoms with Crippen LogP contribution in [0.4, 0.5) is 5.95 Å². The fourth-order valence-corrected chi connectivity index (χ4v) is 4.50. The van der Waals surface area contributed by atoms with Crippen molar-refractivity contribution in [1.29, 1.82) is 0 Å². The van der Waals surface area contributed by atoms with Gasteiger partial charge in [-0.25, -0.2) is 13.4 Å². The standard InChI is InChI=1S/C21H24N8O5S/c1-13-10-23-17(11-22-13)19(33-4)14(2)35(30,31)28-21-27-26-20(16-6-5-7-18(25-16)32-3)29(21)12-15-8-9-24-34-15/h5-11,14,19H,12H2,1-4H3,(H,27,28)/t14-,19-/m0/s1. The SMILES string of the molecule is COc1cccc(-c2nnc(NS(=O)(=O)[C@@H](C)[C@H](OC)c3cnc(C)cn3)n2Cc2ccno2)n1. The van der Waals surface area contributed by atoms with Crippen molar-refractivity contribution in [3.05, 3.63) is 60.0 Å². The van der Waals surface area contributed by atoms with Gasteiger partial charge in [0.05, 0.1) is 37.4 Å². The summed E-state index contributed by atoms with van der Waals surface area (Å²) in [5.74, 6) is 1.11. The molecular weight excluding hydrogens is 476 g/mol. The molecule has 0 aliphatic carbocycles. The van der Waals surface area contributed by atoms with Crippen LogP contribution < -0.4 is 9.46 Å². The average Bonchev–Trinajstić information content (AvgIpc) is 3.51. The second-order valence-electron chi connectivity index (χ2n) is 7.57. The van der Waals surface area contributed by atoms with Crippen molar-refractivity contribution in [2.24, 2.45) is 0 Å². The molecule has 4 heterocycles. The fourth-order valence-electron chi connectivity index (χ4n) is 3.34. The molecule has 0 spiro atoms. The Labute approximate surface area is 201 Å². The van der Waals surface area contributed by atoms with Crippen molar-refractivity contribution in [1.82, 2.24) is 34.9 Å². The molecule has 184 valence electrons. The molecule has 0 bridgehead atoms. The number of sulfonamides is 1. The number of ether oxygens (including phenoxy) is 2. The molecule has 14 heteroatoms. The monoisotopic (exact) mass is 500 g/mol. The van der Waals surface area contributed by atoms with Crippen LogP contribution in [0.15, 0.2) is 47.4 Å².